The first kappa shape index (κ1) is 23.3. The minimum Gasteiger partial charge on any atom is -0.465 e. The normalized spacial score (nSPS) is 13.1. The summed E-state index contributed by atoms with van der Waals surface area (Å²) in [6.07, 6.45) is -1.13. The van der Waals surface area contributed by atoms with Gasteiger partial charge in [0.05, 0.1) is 25.2 Å². The van der Waals surface area contributed by atoms with Crippen molar-refractivity contribution in [3.05, 3.63) is 0 Å². The van der Waals surface area contributed by atoms with Gasteiger partial charge in [-0.15, -0.1) is 0 Å². The van der Waals surface area contributed by atoms with Gasteiger partial charge in [0.2, 0.25) is 0 Å². The molecule has 146 valence electrons. The minimum absolute atomic E-state index is 0.130. The van der Waals surface area contributed by atoms with E-state index in [2.05, 4.69) is 0 Å². The Balaban J connectivity index is 5.67. The van der Waals surface area contributed by atoms with E-state index in [1.165, 1.54) is 20.8 Å². The molecule has 0 aliphatic rings. The average Bonchev–Trinajstić information content (AvgIpc) is 2.54. The molecule has 0 heterocycles. The first-order chi connectivity index (χ1) is 11.5. The summed E-state index contributed by atoms with van der Waals surface area (Å²) in [4.78, 5) is 33.8. The molecular formula is C16H28O9. The zero-order valence-corrected chi connectivity index (χ0v) is 15.1. The van der Waals surface area contributed by atoms with E-state index in [1.54, 1.807) is 6.92 Å². The van der Waals surface area contributed by atoms with Crippen LogP contribution in [-0.4, -0.2) is 72.4 Å². The molecule has 1 unspecified atom stereocenters. The Morgan fingerprint density at radius 2 is 1.24 bits per heavy atom. The van der Waals surface area contributed by atoms with Gasteiger partial charge >= 0.3 is 17.9 Å². The molecule has 0 rings (SSSR count). The summed E-state index contributed by atoms with van der Waals surface area (Å²) in [5.74, 6) is -1.80. The highest BCUT2D eigenvalue weighted by atomic mass is 16.6. The van der Waals surface area contributed by atoms with Crippen molar-refractivity contribution in [2.24, 2.45) is 10.8 Å². The lowest BCUT2D eigenvalue weighted by Gasteiger charge is -2.40. The van der Waals surface area contributed by atoms with E-state index < -0.39 is 54.7 Å². The number of aliphatic hydroxyl groups is 3. The Kier molecular flexibility index (Phi) is 9.61. The SMILES string of the molecule is CC(=O)OCC(C)(COC(C)=O)C(CC(CO)(CO)CO)OC(C)=O. The molecule has 0 aromatic rings. The van der Waals surface area contributed by atoms with Crippen LogP contribution in [0.4, 0.5) is 0 Å². The van der Waals surface area contributed by atoms with Gasteiger partial charge in [0, 0.05) is 26.2 Å². The average molecular weight is 364 g/mol. The molecular weight excluding hydrogens is 336 g/mol. The Bertz CT molecular complexity index is 430. The summed E-state index contributed by atoms with van der Waals surface area (Å²) in [5, 5.41) is 28.6. The molecule has 0 amide bonds. The fourth-order valence-electron chi connectivity index (χ4n) is 2.13. The van der Waals surface area contributed by atoms with Crippen LogP contribution in [0.1, 0.15) is 34.1 Å². The van der Waals surface area contributed by atoms with Gasteiger partial charge in [0.15, 0.2) is 0 Å². The van der Waals surface area contributed by atoms with Crippen molar-refractivity contribution >= 4 is 17.9 Å². The van der Waals surface area contributed by atoms with Crippen LogP contribution in [0.3, 0.4) is 0 Å². The van der Waals surface area contributed by atoms with Crippen molar-refractivity contribution in [2.75, 3.05) is 33.0 Å². The van der Waals surface area contributed by atoms with Gasteiger partial charge in [-0.2, -0.15) is 0 Å². The van der Waals surface area contributed by atoms with Gasteiger partial charge in [0.1, 0.15) is 19.3 Å². The third-order valence-electron chi connectivity index (χ3n) is 3.92. The minimum atomic E-state index is -1.33. The van der Waals surface area contributed by atoms with Crippen molar-refractivity contribution < 1.29 is 43.9 Å². The maximum Gasteiger partial charge on any atom is 0.302 e. The zero-order chi connectivity index (χ0) is 19.7. The highest BCUT2D eigenvalue weighted by Gasteiger charge is 2.44. The Labute approximate surface area is 146 Å². The highest BCUT2D eigenvalue weighted by molar-refractivity contribution is 5.67. The van der Waals surface area contributed by atoms with Crippen LogP contribution in [0, 0.1) is 10.8 Å². The quantitative estimate of drug-likeness (QED) is 0.324. The predicted molar refractivity (Wildman–Crippen MR) is 85.2 cm³/mol. The fourth-order valence-corrected chi connectivity index (χ4v) is 2.13. The summed E-state index contributed by atoms with van der Waals surface area (Å²) < 4.78 is 15.3. The topological polar surface area (TPSA) is 140 Å². The first-order valence-corrected chi connectivity index (χ1v) is 7.80. The number of hydrogen-bond acceptors (Lipinski definition) is 9. The molecule has 3 N–H and O–H groups in total. The molecule has 0 aromatic heterocycles. The monoisotopic (exact) mass is 364 g/mol. The number of aliphatic hydroxyl groups excluding tert-OH is 3. The molecule has 0 saturated heterocycles. The summed E-state index contributed by atoms with van der Waals surface area (Å²) in [7, 11) is 0. The second kappa shape index (κ2) is 10.3. The van der Waals surface area contributed by atoms with Gasteiger partial charge in [-0.25, -0.2) is 0 Å². The van der Waals surface area contributed by atoms with Crippen molar-refractivity contribution in [3.8, 4) is 0 Å². The van der Waals surface area contributed by atoms with E-state index in [9.17, 15) is 29.7 Å². The standard InChI is InChI=1S/C16H28O9/c1-11(20)23-9-15(4,10-24-12(2)21)14(25-13(3)22)5-16(6-17,7-18)8-19/h14,17-19H,5-10H2,1-4H3. The summed E-state index contributed by atoms with van der Waals surface area (Å²) in [6.45, 7) is 3.00. The second-order valence-electron chi connectivity index (χ2n) is 6.49. The largest absolute Gasteiger partial charge is 0.465 e. The zero-order valence-electron chi connectivity index (χ0n) is 15.1. The van der Waals surface area contributed by atoms with Gasteiger partial charge in [-0.05, 0) is 13.3 Å². The molecule has 1 atom stereocenters. The lowest BCUT2D eigenvalue weighted by molar-refractivity contribution is -0.174. The molecule has 0 saturated carbocycles. The second-order valence-corrected chi connectivity index (χ2v) is 6.49. The molecule has 0 aliphatic heterocycles. The van der Waals surface area contributed by atoms with Gasteiger partial charge < -0.3 is 29.5 Å². The van der Waals surface area contributed by atoms with Crippen LogP contribution >= 0.6 is 0 Å². The number of hydrogen-bond donors (Lipinski definition) is 3. The van der Waals surface area contributed by atoms with Crippen molar-refractivity contribution in [1.29, 1.82) is 0 Å². The van der Waals surface area contributed by atoms with Gasteiger partial charge in [-0.3, -0.25) is 14.4 Å². The van der Waals surface area contributed by atoms with E-state index in [1.807, 2.05) is 0 Å². The summed E-state index contributed by atoms with van der Waals surface area (Å²) in [6, 6.07) is 0. The fraction of sp³-hybridized carbons (Fsp3) is 0.812. The van der Waals surface area contributed by atoms with Crippen molar-refractivity contribution in [1.82, 2.24) is 0 Å². The Morgan fingerprint density at radius 3 is 1.52 bits per heavy atom. The molecule has 9 heteroatoms. The Hall–Kier alpha value is -1.71. The number of esters is 3. The highest BCUT2D eigenvalue weighted by Crippen LogP contribution is 2.35. The summed E-state index contributed by atoms with van der Waals surface area (Å²) in [5.41, 5.74) is -2.47. The maximum absolute atomic E-state index is 11.5. The molecule has 0 aliphatic carbocycles. The van der Waals surface area contributed by atoms with Crippen LogP contribution in [0.2, 0.25) is 0 Å². The van der Waals surface area contributed by atoms with Gasteiger partial charge in [-0.1, -0.05) is 0 Å². The van der Waals surface area contributed by atoms with E-state index in [-0.39, 0.29) is 19.6 Å². The lowest BCUT2D eigenvalue weighted by atomic mass is 9.75. The molecule has 0 radical (unpaired) electrons. The molecule has 9 nitrogen and oxygen atoms in total. The number of rotatable bonds is 11. The van der Waals surface area contributed by atoms with Crippen molar-refractivity contribution in [2.45, 2.75) is 40.2 Å². The first-order valence-electron chi connectivity index (χ1n) is 7.80. The van der Waals surface area contributed by atoms with Crippen molar-refractivity contribution in [3.63, 3.8) is 0 Å². The summed E-state index contributed by atoms with van der Waals surface area (Å²) >= 11 is 0. The number of carbonyl (C=O) groups excluding carboxylic acids is 3. The molecule has 25 heavy (non-hydrogen) atoms. The smallest absolute Gasteiger partial charge is 0.302 e. The maximum atomic E-state index is 11.5. The van der Waals surface area contributed by atoms with Crippen LogP contribution < -0.4 is 0 Å². The third-order valence-corrected chi connectivity index (χ3v) is 3.92. The van der Waals surface area contributed by atoms with Crippen LogP contribution in [-0.2, 0) is 28.6 Å². The number of carbonyl (C=O) groups is 3. The van der Waals surface area contributed by atoms with Crippen LogP contribution in [0.25, 0.3) is 0 Å². The van der Waals surface area contributed by atoms with E-state index in [4.69, 9.17) is 14.2 Å². The predicted octanol–water partition coefficient (Wildman–Crippen LogP) is -0.596. The van der Waals surface area contributed by atoms with E-state index >= 15 is 0 Å². The lowest BCUT2D eigenvalue weighted by Crippen LogP contribution is -2.49. The van der Waals surface area contributed by atoms with Crippen LogP contribution in [0.15, 0.2) is 0 Å². The molecule has 0 spiro atoms. The molecule has 0 aromatic carbocycles. The van der Waals surface area contributed by atoms with E-state index in [0.29, 0.717) is 0 Å². The van der Waals surface area contributed by atoms with E-state index in [0.717, 1.165) is 0 Å². The third kappa shape index (κ3) is 7.80. The van der Waals surface area contributed by atoms with Gasteiger partial charge in [0.25, 0.3) is 0 Å². The van der Waals surface area contributed by atoms with Crippen LogP contribution in [0.5, 0.6) is 0 Å². The molecule has 0 bridgehead atoms. The molecule has 0 fully saturated rings. The number of ether oxygens (including phenoxy) is 3. The Morgan fingerprint density at radius 1 is 0.840 bits per heavy atom.